The lowest BCUT2D eigenvalue weighted by Crippen LogP contribution is -2.13. The monoisotopic (exact) mass is 208 g/mol. The van der Waals surface area contributed by atoms with Crippen molar-refractivity contribution in [2.24, 2.45) is 0 Å². The zero-order chi connectivity index (χ0) is 10.3. The molecular weight excluding hydrogens is 191 g/mol. The fourth-order valence-electron chi connectivity index (χ4n) is 2.43. The molecule has 2 nitrogen and oxygen atoms in total. The highest BCUT2D eigenvalue weighted by Crippen LogP contribution is 2.30. The van der Waals surface area contributed by atoms with E-state index in [4.69, 9.17) is 12.2 Å². The van der Waals surface area contributed by atoms with Gasteiger partial charge >= 0.3 is 0 Å². The first-order chi connectivity index (χ1) is 6.61. The molecule has 0 amide bonds. The highest BCUT2D eigenvalue weighted by atomic mass is 32.1. The number of rotatable bonds is 1. The van der Waals surface area contributed by atoms with Gasteiger partial charge in [-0.3, -0.25) is 0 Å². The van der Waals surface area contributed by atoms with Crippen molar-refractivity contribution in [2.75, 3.05) is 0 Å². The number of H-pyrrole nitrogens is 1. The summed E-state index contributed by atoms with van der Waals surface area (Å²) in [6.07, 6.45) is 3.78. The van der Waals surface area contributed by atoms with Crippen LogP contribution in [-0.4, -0.2) is 17.4 Å². The number of fused-ring (bicyclic) bond motifs is 1. The lowest BCUT2D eigenvalue weighted by Gasteiger charge is -2.21. The van der Waals surface area contributed by atoms with Gasteiger partial charge < -0.3 is 9.55 Å². The van der Waals surface area contributed by atoms with Crippen LogP contribution >= 0.6 is 12.2 Å². The molecule has 0 fully saturated rings. The average Bonchev–Trinajstić information content (AvgIpc) is 2.42. The third kappa shape index (κ3) is 1.46. The summed E-state index contributed by atoms with van der Waals surface area (Å²) in [5.74, 6) is 0.653. The van der Waals surface area contributed by atoms with E-state index in [-0.39, 0.29) is 0 Å². The van der Waals surface area contributed by atoms with Gasteiger partial charge in [-0.1, -0.05) is 6.42 Å². The van der Waals surface area contributed by atoms with E-state index in [1.807, 2.05) is 0 Å². The molecule has 1 aliphatic rings. The molecule has 0 aromatic carbocycles. The Morgan fingerprint density at radius 1 is 1.57 bits per heavy atom. The van der Waals surface area contributed by atoms with Crippen LogP contribution in [0, 0.1) is 4.77 Å². The van der Waals surface area contributed by atoms with E-state index in [1.165, 1.54) is 30.7 Å². The zero-order valence-corrected chi connectivity index (χ0v) is 9.95. The Hall–Kier alpha value is -0.505. The summed E-state index contributed by atoms with van der Waals surface area (Å²) in [5, 5.41) is 0. The second kappa shape index (κ2) is 3.57. The average molecular weight is 208 g/mol. The highest BCUT2D eigenvalue weighted by molar-refractivity contribution is 7.71. The lowest BCUT2D eigenvalue weighted by molar-refractivity contribution is 0.540. The van der Waals surface area contributed by atoms with Crippen LogP contribution in [0.5, 0.6) is 0 Å². The van der Waals surface area contributed by atoms with Crippen molar-refractivity contribution in [2.45, 2.75) is 45.0 Å². The zero-order valence-electron chi connectivity index (χ0n) is 9.13. The molecule has 14 heavy (non-hydrogen) atoms. The minimum Gasteiger partial charge on any atom is -0.335 e. The maximum absolute atomic E-state index is 5.36. The van der Waals surface area contributed by atoms with Crippen LogP contribution in [0.2, 0.25) is 0 Å². The molecule has 4 heteroatoms. The van der Waals surface area contributed by atoms with Crippen LogP contribution in [-0.2, 0) is 6.42 Å². The molecule has 0 radical (unpaired) electrons. The van der Waals surface area contributed by atoms with Gasteiger partial charge in [0.15, 0.2) is 4.77 Å². The van der Waals surface area contributed by atoms with Gasteiger partial charge in [-0.25, -0.2) is 0 Å². The van der Waals surface area contributed by atoms with Crippen molar-refractivity contribution < 1.29 is 0 Å². The summed E-state index contributed by atoms with van der Waals surface area (Å²) < 4.78 is 3.18. The molecule has 0 spiro atoms. The molecule has 76 valence electrons. The summed E-state index contributed by atoms with van der Waals surface area (Å²) in [5.41, 5.74) is 2.83. The summed E-state index contributed by atoms with van der Waals surface area (Å²) in [7, 11) is 2.29. The number of imidazole rings is 1. The van der Waals surface area contributed by atoms with Crippen LogP contribution in [0.15, 0.2) is 0 Å². The summed E-state index contributed by atoms with van der Waals surface area (Å²) in [6, 6.07) is 0.479. The van der Waals surface area contributed by atoms with Crippen molar-refractivity contribution in [3.63, 3.8) is 0 Å². The second-order valence-corrected chi connectivity index (χ2v) is 4.93. The number of nitrogens with zero attached hydrogens (tertiary/aromatic N) is 1. The standard InChI is InChI=1S/C10H17BN2S/c1-6(2)13-8-5-3-4-7(11)9(8)12-10(13)14/h6-7H,3-5,11H2,1-2H3,(H,12,14). The smallest absolute Gasteiger partial charge is 0.177 e. The number of aromatic amines is 1. The molecule has 1 aromatic rings. The Labute approximate surface area is 91.1 Å². The van der Waals surface area contributed by atoms with Gasteiger partial charge in [0.2, 0.25) is 0 Å². The third-order valence-corrected chi connectivity index (χ3v) is 3.42. The fourth-order valence-corrected chi connectivity index (χ4v) is 2.86. The largest absolute Gasteiger partial charge is 0.335 e. The van der Waals surface area contributed by atoms with Gasteiger partial charge in [-0.2, -0.15) is 0 Å². The van der Waals surface area contributed by atoms with Crippen molar-refractivity contribution in [1.82, 2.24) is 9.55 Å². The van der Waals surface area contributed by atoms with Gasteiger partial charge in [0.1, 0.15) is 7.85 Å². The Kier molecular flexibility index (Phi) is 2.56. The number of nitrogens with one attached hydrogen (secondary N) is 1. The molecule has 2 rings (SSSR count). The van der Waals surface area contributed by atoms with E-state index in [9.17, 15) is 0 Å². The van der Waals surface area contributed by atoms with E-state index >= 15 is 0 Å². The fraction of sp³-hybridized carbons (Fsp3) is 0.700. The molecule has 1 unspecified atom stereocenters. The van der Waals surface area contributed by atoms with Crippen molar-refractivity contribution in [3.8, 4) is 0 Å². The lowest BCUT2D eigenvalue weighted by atomic mass is 9.76. The van der Waals surface area contributed by atoms with E-state index in [0.29, 0.717) is 11.9 Å². The van der Waals surface area contributed by atoms with Crippen molar-refractivity contribution >= 4 is 20.1 Å². The maximum Gasteiger partial charge on any atom is 0.177 e. The van der Waals surface area contributed by atoms with E-state index in [0.717, 1.165) is 4.77 Å². The van der Waals surface area contributed by atoms with Gasteiger partial charge in [-0.15, -0.1) is 0 Å². The molecule has 1 N–H and O–H groups in total. The summed E-state index contributed by atoms with van der Waals surface area (Å²) in [4.78, 5) is 3.37. The van der Waals surface area contributed by atoms with Crippen molar-refractivity contribution in [3.05, 3.63) is 16.2 Å². The first kappa shape index (κ1) is 10.0. The Morgan fingerprint density at radius 3 is 2.93 bits per heavy atom. The van der Waals surface area contributed by atoms with Crippen LogP contribution in [0.4, 0.5) is 0 Å². The highest BCUT2D eigenvalue weighted by Gasteiger charge is 2.22. The molecular formula is C10H17BN2S. The normalized spacial score (nSPS) is 21.2. The predicted molar refractivity (Wildman–Crippen MR) is 64.2 cm³/mol. The minimum atomic E-state index is 0.479. The Bertz CT molecular complexity index is 391. The molecule has 0 saturated carbocycles. The number of aromatic nitrogens is 2. The topological polar surface area (TPSA) is 20.7 Å². The quantitative estimate of drug-likeness (QED) is 0.553. The first-order valence-corrected chi connectivity index (χ1v) is 5.85. The van der Waals surface area contributed by atoms with Gasteiger partial charge in [0.05, 0.1) is 0 Å². The summed E-state index contributed by atoms with van der Waals surface area (Å²) >= 11 is 5.36. The van der Waals surface area contributed by atoms with Crippen LogP contribution in [0.3, 0.4) is 0 Å². The number of hydrogen-bond acceptors (Lipinski definition) is 1. The third-order valence-electron chi connectivity index (χ3n) is 3.12. The Balaban J connectivity index is 2.57. The van der Waals surface area contributed by atoms with Crippen LogP contribution in [0.1, 0.15) is 49.9 Å². The molecule has 1 atom stereocenters. The van der Waals surface area contributed by atoms with Gasteiger partial charge in [-0.05, 0) is 44.7 Å². The van der Waals surface area contributed by atoms with Gasteiger partial charge in [0.25, 0.3) is 0 Å². The van der Waals surface area contributed by atoms with E-state index in [2.05, 4.69) is 31.2 Å². The SMILES string of the molecule is BC1CCCc2c1[nH]c(=S)n2C(C)C. The van der Waals surface area contributed by atoms with Gasteiger partial charge in [0, 0.05) is 17.4 Å². The maximum atomic E-state index is 5.36. The second-order valence-electron chi connectivity index (χ2n) is 4.55. The molecule has 1 heterocycles. The Morgan fingerprint density at radius 2 is 2.29 bits per heavy atom. The molecule has 0 bridgehead atoms. The predicted octanol–water partition coefficient (Wildman–Crippen LogP) is 2.14. The van der Waals surface area contributed by atoms with E-state index < -0.39 is 0 Å². The number of hydrogen-bond donors (Lipinski definition) is 1. The van der Waals surface area contributed by atoms with Crippen LogP contribution in [0.25, 0.3) is 0 Å². The summed E-state index contributed by atoms with van der Waals surface area (Å²) in [6.45, 7) is 4.40. The molecule has 1 aliphatic carbocycles. The molecule has 0 aliphatic heterocycles. The van der Waals surface area contributed by atoms with E-state index in [1.54, 1.807) is 0 Å². The van der Waals surface area contributed by atoms with Crippen LogP contribution < -0.4 is 0 Å². The van der Waals surface area contributed by atoms with Crippen molar-refractivity contribution in [1.29, 1.82) is 0 Å². The first-order valence-electron chi connectivity index (χ1n) is 5.44. The minimum absolute atomic E-state index is 0.479. The molecule has 1 aromatic heterocycles. The molecule has 0 saturated heterocycles.